The maximum Gasteiger partial charge on any atom is 0.374 e. The first kappa shape index (κ1) is 19.3. The molecule has 1 aromatic carbocycles. The van der Waals surface area contributed by atoms with Crippen LogP contribution in [0.4, 0.5) is 0 Å². The molecule has 4 fully saturated rings. The maximum atomic E-state index is 12.3. The lowest BCUT2D eigenvalue weighted by molar-refractivity contribution is -0.126. The molecule has 6 rings (SSSR count). The highest BCUT2D eigenvalue weighted by Crippen LogP contribution is 2.59. The van der Waals surface area contributed by atoms with E-state index >= 15 is 0 Å². The van der Waals surface area contributed by atoms with Crippen molar-refractivity contribution in [1.82, 2.24) is 5.32 Å². The van der Waals surface area contributed by atoms with E-state index in [-0.39, 0.29) is 29.1 Å². The number of hydrogen-bond acceptors (Lipinski definition) is 5. The third-order valence-electron chi connectivity index (χ3n) is 7.24. The molecule has 0 unspecified atom stereocenters. The number of carbonyl (C=O) groups excluding carboxylic acids is 2. The second kappa shape index (κ2) is 7.25. The van der Waals surface area contributed by atoms with Gasteiger partial charge in [-0.25, -0.2) is 4.79 Å². The van der Waals surface area contributed by atoms with Crippen molar-refractivity contribution in [2.45, 2.75) is 45.4 Å². The zero-order valence-corrected chi connectivity index (χ0v) is 17.2. The van der Waals surface area contributed by atoms with Gasteiger partial charge in [0.05, 0.1) is 5.39 Å². The van der Waals surface area contributed by atoms with Crippen LogP contribution in [0.15, 0.2) is 33.5 Å². The van der Waals surface area contributed by atoms with Gasteiger partial charge in [-0.15, -0.1) is 0 Å². The van der Waals surface area contributed by atoms with Crippen LogP contribution in [0.2, 0.25) is 0 Å². The van der Waals surface area contributed by atoms with E-state index in [1.165, 1.54) is 38.5 Å². The monoisotopic (exact) mass is 409 g/mol. The van der Waals surface area contributed by atoms with Gasteiger partial charge in [0.25, 0.3) is 5.91 Å². The quantitative estimate of drug-likeness (QED) is 0.763. The predicted molar refractivity (Wildman–Crippen MR) is 111 cm³/mol. The van der Waals surface area contributed by atoms with Crippen molar-refractivity contribution in [3.63, 3.8) is 0 Å². The van der Waals surface area contributed by atoms with E-state index < -0.39 is 5.97 Å². The normalized spacial score (nSPS) is 29.2. The van der Waals surface area contributed by atoms with Crippen LogP contribution in [0.1, 0.15) is 54.6 Å². The number of carbonyl (C=O) groups is 2. The van der Waals surface area contributed by atoms with E-state index in [4.69, 9.17) is 9.15 Å². The molecule has 6 heteroatoms. The topological polar surface area (TPSA) is 85.6 Å². The SMILES string of the molecule is Cc1ccc2oc(C(=O)OCC(=O)NCC34CC5CC(CC(C5)C3)C4)cc(=O)c2c1. The van der Waals surface area contributed by atoms with Gasteiger partial charge in [-0.05, 0) is 80.8 Å². The maximum absolute atomic E-state index is 12.3. The molecule has 2 aromatic rings. The Morgan fingerprint density at radius 1 is 1.10 bits per heavy atom. The average Bonchev–Trinajstić information content (AvgIpc) is 2.70. The molecule has 6 nitrogen and oxygen atoms in total. The first-order valence-corrected chi connectivity index (χ1v) is 10.9. The molecule has 4 saturated carbocycles. The molecule has 0 atom stereocenters. The molecule has 0 radical (unpaired) electrons. The van der Waals surface area contributed by atoms with Gasteiger partial charge in [0.1, 0.15) is 5.58 Å². The Morgan fingerprint density at radius 3 is 2.43 bits per heavy atom. The summed E-state index contributed by atoms with van der Waals surface area (Å²) in [5, 5.41) is 3.40. The van der Waals surface area contributed by atoms with Crippen LogP contribution in [0, 0.1) is 30.1 Å². The molecule has 0 saturated heterocycles. The number of aryl methyl sites for hydroxylation is 1. The fourth-order valence-corrected chi connectivity index (χ4v) is 6.42. The van der Waals surface area contributed by atoms with Crippen molar-refractivity contribution < 1.29 is 18.7 Å². The lowest BCUT2D eigenvalue weighted by Crippen LogP contribution is -2.51. The Morgan fingerprint density at radius 2 is 1.77 bits per heavy atom. The number of ether oxygens (including phenoxy) is 1. The fourth-order valence-electron chi connectivity index (χ4n) is 6.42. The van der Waals surface area contributed by atoms with Crippen molar-refractivity contribution in [2.24, 2.45) is 23.2 Å². The molecule has 30 heavy (non-hydrogen) atoms. The van der Waals surface area contributed by atoms with Crippen molar-refractivity contribution in [3.8, 4) is 0 Å². The van der Waals surface area contributed by atoms with Crippen LogP contribution in [-0.4, -0.2) is 25.0 Å². The number of nitrogens with one attached hydrogen (secondary N) is 1. The smallest absolute Gasteiger partial charge is 0.374 e. The number of benzene rings is 1. The zero-order valence-electron chi connectivity index (χ0n) is 17.2. The summed E-state index contributed by atoms with van der Waals surface area (Å²) < 4.78 is 10.6. The molecule has 1 aromatic heterocycles. The number of hydrogen-bond donors (Lipinski definition) is 1. The molecule has 0 aliphatic heterocycles. The second-order valence-corrected chi connectivity index (χ2v) is 9.74. The predicted octanol–water partition coefficient (Wildman–Crippen LogP) is 3.59. The summed E-state index contributed by atoms with van der Waals surface area (Å²) in [6.07, 6.45) is 7.71. The average molecular weight is 409 g/mol. The van der Waals surface area contributed by atoms with Crippen molar-refractivity contribution in [3.05, 3.63) is 45.8 Å². The molecular weight excluding hydrogens is 382 g/mol. The Hall–Kier alpha value is -2.63. The summed E-state index contributed by atoms with van der Waals surface area (Å²) in [6, 6.07) is 6.30. The fraction of sp³-hybridized carbons (Fsp3) is 0.542. The van der Waals surface area contributed by atoms with Crippen molar-refractivity contribution >= 4 is 22.8 Å². The van der Waals surface area contributed by atoms with E-state index in [1.54, 1.807) is 18.2 Å². The summed E-state index contributed by atoms with van der Waals surface area (Å²) in [6.45, 7) is 2.17. The lowest BCUT2D eigenvalue weighted by Gasteiger charge is -2.56. The number of esters is 1. The van der Waals surface area contributed by atoms with Gasteiger partial charge < -0.3 is 14.5 Å². The number of fused-ring (bicyclic) bond motifs is 1. The van der Waals surface area contributed by atoms with Gasteiger partial charge >= 0.3 is 5.97 Å². The summed E-state index contributed by atoms with van der Waals surface area (Å²) in [5.41, 5.74) is 1.18. The first-order chi connectivity index (χ1) is 14.4. The Kier molecular flexibility index (Phi) is 4.68. The van der Waals surface area contributed by atoms with E-state index in [2.05, 4.69) is 5.32 Å². The van der Waals surface area contributed by atoms with Crippen LogP contribution in [0.3, 0.4) is 0 Å². The Balaban J connectivity index is 1.18. The highest BCUT2D eigenvalue weighted by molar-refractivity contribution is 5.90. The lowest BCUT2D eigenvalue weighted by atomic mass is 9.49. The minimum absolute atomic E-state index is 0.190. The van der Waals surface area contributed by atoms with E-state index in [1.807, 2.05) is 6.92 Å². The highest BCUT2D eigenvalue weighted by Gasteiger charge is 2.50. The molecule has 0 spiro atoms. The third kappa shape index (κ3) is 3.64. The van der Waals surface area contributed by atoms with Crippen LogP contribution >= 0.6 is 0 Å². The molecule has 4 aliphatic carbocycles. The minimum atomic E-state index is -0.806. The Labute approximate surface area is 175 Å². The van der Waals surface area contributed by atoms with Crippen LogP contribution < -0.4 is 10.7 Å². The van der Waals surface area contributed by atoms with Gasteiger partial charge in [-0.2, -0.15) is 0 Å². The first-order valence-electron chi connectivity index (χ1n) is 10.9. The molecule has 4 bridgehead atoms. The van der Waals surface area contributed by atoms with E-state index in [0.29, 0.717) is 17.5 Å². The van der Waals surface area contributed by atoms with Crippen LogP contribution in [0.5, 0.6) is 0 Å². The van der Waals surface area contributed by atoms with E-state index in [9.17, 15) is 14.4 Å². The summed E-state index contributed by atoms with van der Waals surface area (Å²) in [4.78, 5) is 36.9. The number of amides is 1. The van der Waals surface area contributed by atoms with E-state index in [0.717, 1.165) is 29.4 Å². The molecule has 1 amide bonds. The number of rotatable bonds is 5. The minimum Gasteiger partial charge on any atom is -0.450 e. The zero-order chi connectivity index (χ0) is 20.9. The molecule has 158 valence electrons. The third-order valence-corrected chi connectivity index (χ3v) is 7.24. The molecule has 4 aliphatic rings. The molecule has 1 N–H and O–H groups in total. The Bertz CT molecular complexity index is 1030. The van der Waals surface area contributed by atoms with Gasteiger partial charge in [0, 0.05) is 12.6 Å². The van der Waals surface area contributed by atoms with Gasteiger partial charge in [0.15, 0.2) is 12.0 Å². The summed E-state index contributed by atoms with van der Waals surface area (Å²) in [7, 11) is 0. The second-order valence-electron chi connectivity index (χ2n) is 9.74. The largest absolute Gasteiger partial charge is 0.450 e. The summed E-state index contributed by atoms with van der Waals surface area (Å²) >= 11 is 0. The van der Waals surface area contributed by atoms with Gasteiger partial charge in [-0.3, -0.25) is 9.59 Å². The van der Waals surface area contributed by atoms with Crippen LogP contribution in [-0.2, 0) is 9.53 Å². The van der Waals surface area contributed by atoms with Crippen LogP contribution in [0.25, 0.3) is 11.0 Å². The summed E-state index contributed by atoms with van der Waals surface area (Å²) in [5.74, 6) is 1.17. The van der Waals surface area contributed by atoms with Crippen molar-refractivity contribution in [2.75, 3.05) is 13.2 Å². The van der Waals surface area contributed by atoms with Gasteiger partial charge in [0.2, 0.25) is 5.76 Å². The molecule has 1 heterocycles. The van der Waals surface area contributed by atoms with Crippen molar-refractivity contribution in [1.29, 1.82) is 0 Å². The van der Waals surface area contributed by atoms with Gasteiger partial charge in [-0.1, -0.05) is 11.6 Å². The standard InChI is InChI=1S/C24H27NO5/c1-14-2-3-20-18(4-14)19(26)8-21(30-20)23(28)29-12-22(27)25-13-24-9-15-5-16(10-24)7-17(6-15)11-24/h2-4,8,15-17H,5-7,9-13H2,1H3,(H,25,27). The highest BCUT2D eigenvalue weighted by atomic mass is 16.5. The molecular formula is C24H27NO5.